The van der Waals surface area contributed by atoms with E-state index in [2.05, 4.69) is 12.1 Å². The second-order valence-electron chi connectivity index (χ2n) is 4.11. The van der Waals surface area contributed by atoms with Gasteiger partial charge in [-0.25, -0.2) is 0 Å². The first-order chi connectivity index (χ1) is 9.11. The lowest BCUT2D eigenvalue weighted by molar-refractivity contribution is -0.121. The molecule has 0 aromatic heterocycles. The molecule has 0 N–H and O–H groups in total. The Morgan fingerprint density at radius 2 is 1.53 bits per heavy atom. The van der Waals surface area contributed by atoms with Crippen LogP contribution in [0, 0.1) is 0 Å². The molecule has 0 aliphatic heterocycles. The van der Waals surface area contributed by atoms with Crippen LogP contribution in [0.1, 0.15) is 46.6 Å². The lowest BCUT2D eigenvalue weighted by Gasteiger charge is -2.21. The van der Waals surface area contributed by atoms with E-state index >= 15 is 0 Å². The molecule has 0 saturated carbocycles. The van der Waals surface area contributed by atoms with Crippen molar-refractivity contribution in [3.05, 3.63) is 35.9 Å². The van der Waals surface area contributed by atoms with E-state index < -0.39 is 0 Å². The third kappa shape index (κ3) is 9.43. The van der Waals surface area contributed by atoms with Crippen molar-refractivity contribution in [1.82, 2.24) is 4.90 Å². The molecule has 0 bridgehead atoms. The van der Waals surface area contributed by atoms with Crippen LogP contribution in [-0.2, 0) is 11.2 Å². The van der Waals surface area contributed by atoms with Crippen LogP contribution in [0.3, 0.4) is 0 Å². The third-order valence-electron chi connectivity index (χ3n) is 2.64. The number of nitrogens with zero attached hydrogens (tertiary/aromatic N) is 1. The summed E-state index contributed by atoms with van der Waals surface area (Å²) >= 11 is 0. The number of hydrogen-bond donors (Lipinski definition) is 0. The average molecular weight is 265 g/mol. The van der Waals surface area contributed by atoms with Crippen molar-refractivity contribution in [2.45, 2.75) is 53.5 Å². The highest BCUT2D eigenvalue weighted by atomic mass is 16.1. The summed E-state index contributed by atoms with van der Waals surface area (Å²) in [7, 11) is 3.91. The van der Waals surface area contributed by atoms with Crippen LogP contribution >= 0.6 is 0 Å². The molecule has 2 heteroatoms. The standard InChI is InChI=1S/C13H19NO.2C2H6/c1-11(15)13(14(2)3)10-9-12-7-5-4-6-8-12;2*1-2/h4-8,13H,9-10H2,1-3H3;2*1-2H3/t13-;;/m0../s1. The van der Waals surface area contributed by atoms with Crippen molar-refractivity contribution < 1.29 is 4.79 Å². The van der Waals surface area contributed by atoms with E-state index in [9.17, 15) is 4.79 Å². The fourth-order valence-electron chi connectivity index (χ4n) is 1.77. The zero-order chi connectivity index (χ0) is 15.3. The minimum Gasteiger partial charge on any atom is -0.300 e. The van der Waals surface area contributed by atoms with Crippen molar-refractivity contribution >= 4 is 5.78 Å². The predicted molar refractivity (Wildman–Crippen MR) is 85.6 cm³/mol. The molecule has 1 aromatic carbocycles. The van der Waals surface area contributed by atoms with Gasteiger partial charge < -0.3 is 0 Å². The number of hydrogen-bond acceptors (Lipinski definition) is 2. The second kappa shape index (κ2) is 13.3. The van der Waals surface area contributed by atoms with E-state index in [-0.39, 0.29) is 11.8 Å². The van der Waals surface area contributed by atoms with E-state index in [4.69, 9.17) is 0 Å². The number of likely N-dealkylation sites (N-methyl/N-ethyl adjacent to an activating group) is 1. The molecule has 1 rings (SSSR count). The number of carbonyl (C=O) groups is 1. The Morgan fingerprint density at radius 3 is 1.89 bits per heavy atom. The van der Waals surface area contributed by atoms with Gasteiger partial charge in [-0.15, -0.1) is 0 Å². The van der Waals surface area contributed by atoms with Gasteiger partial charge in [-0.1, -0.05) is 58.0 Å². The number of ketones is 1. The highest BCUT2D eigenvalue weighted by Crippen LogP contribution is 2.08. The second-order valence-corrected chi connectivity index (χ2v) is 4.11. The number of rotatable bonds is 5. The first kappa shape index (κ1) is 20.2. The molecule has 2 nitrogen and oxygen atoms in total. The Bertz CT molecular complexity index is 306. The molecule has 0 amide bonds. The molecule has 19 heavy (non-hydrogen) atoms. The summed E-state index contributed by atoms with van der Waals surface area (Å²) in [6.07, 6.45) is 1.86. The maximum Gasteiger partial charge on any atom is 0.146 e. The smallest absolute Gasteiger partial charge is 0.146 e. The van der Waals surface area contributed by atoms with Gasteiger partial charge in [0.25, 0.3) is 0 Å². The van der Waals surface area contributed by atoms with Gasteiger partial charge in [0.15, 0.2) is 0 Å². The summed E-state index contributed by atoms with van der Waals surface area (Å²) in [6, 6.07) is 10.3. The Balaban J connectivity index is 0. The van der Waals surface area contributed by atoms with Crippen LogP contribution in [0.2, 0.25) is 0 Å². The van der Waals surface area contributed by atoms with E-state index in [1.807, 2.05) is 64.9 Å². The largest absolute Gasteiger partial charge is 0.300 e. The van der Waals surface area contributed by atoms with E-state index in [0.717, 1.165) is 12.8 Å². The van der Waals surface area contributed by atoms with Crippen LogP contribution in [0.25, 0.3) is 0 Å². The lowest BCUT2D eigenvalue weighted by atomic mass is 10.0. The lowest BCUT2D eigenvalue weighted by Crippen LogP contribution is -2.34. The Hall–Kier alpha value is -1.15. The van der Waals surface area contributed by atoms with Crippen LogP contribution in [0.15, 0.2) is 30.3 Å². The minimum atomic E-state index is 0.0465. The first-order valence-corrected chi connectivity index (χ1v) is 7.32. The summed E-state index contributed by atoms with van der Waals surface area (Å²) in [4.78, 5) is 13.4. The molecule has 1 aromatic rings. The highest BCUT2D eigenvalue weighted by Gasteiger charge is 2.15. The van der Waals surface area contributed by atoms with Crippen LogP contribution < -0.4 is 0 Å². The van der Waals surface area contributed by atoms with Gasteiger partial charge in [0, 0.05) is 0 Å². The quantitative estimate of drug-likeness (QED) is 0.795. The summed E-state index contributed by atoms with van der Waals surface area (Å²) in [5.74, 6) is 0.246. The molecule has 0 saturated heterocycles. The summed E-state index contributed by atoms with van der Waals surface area (Å²) in [6.45, 7) is 9.66. The number of carbonyl (C=O) groups excluding carboxylic acids is 1. The summed E-state index contributed by atoms with van der Waals surface area (Å²) in [5.41, 5.74) is 1.30. The normalized spacial score (nSPS) is 10.7. The van der Waals surface area contributed by atoms with Gasteiger partial charge in [0.1, 0.15) is 5.78 Å². The molecule has 0 spiro atoms. The van der Waals surface area contributed by atoms with Crippen molar-refractivity contribution in [3.63, 3.8) is 0 Å². The fourth-order valence-corrected chi connectivity index (χ4v) is 1.77. The van der Waals surface area contributed by atoms with Gasteiger partial charge in [-0.2, -0.15) is 0 Å². The van der Waals surface area contributed by atoms with Crippen LogP contribution in [0.5, 0.6) is 0 Å². The van der Waals surface area contributed by atoms with Crippen molar-refractivity contribution in [3.8, 4) is 0 Å². The molecule has 1 atom stereocenters. The van der Waals surface area contributed by atoms with Gasteiger partial charge in [-0.05, 0) is 39.4 Å². The molecular weight excluding hydrogens is 234 g/mol. The van der Waals surface area contributed by atoms with Crippen LogP contribution in [0.4, 0.5) is 0 Å². The number of Topliss-reactive ketones (excluding diaryl/α,β-unsaturated/α-hetero) is 1. The maximum atomic E-state index is 11.4. The third-order valence-corrected chi connectivity index (χ3v) is 2.64. The summed E-state index contributed by atoms with van der Waals surface area (Å²) < 4.78 is 0. The van der Waals surface area contributed by atoms with Crippen molar-refractivity contribution in [2.24, 2.45) is 0 Å². The minimum absolute atomic E-state index is 0.0465. The predicted octanol–water partition coefficient (Wildman–Crippen LogP) is 4.19. The topological polar surface area (TPSA) is 20.3 Å². The monoisotopic (exact) mass is 265 g/mol. The molecule has 110 valence electrons. The Kier molecular flexibility index (Phi) is 14.1. The molecule has 0 radical (unpaired) electrons. The Labute approximate surface area is 119 Å². The van der Waals surface area contributed by atoms with Gasteiger partial charge in [0.05, 0.1) is 6.04 Å². The molecule has 0 fully saturated rings. The highest BCUT2D eigenvalue weighted by molar-refractivity contribution is 5.81. The zero-order valence-electron chi connectivity index (χ0n) is 13.7. The average Bonchev–Trinajstić information content (AvgIpc) is 2.44. The molecule has 0 heterocycles. The van der Waals surface area contributed by atoms with Crippen molar-refractivity contribution in [1.29, 1.82) is 0 Å². The molecule has 0 aliphatic carbocycles. The Morgan fingerprint density at radius 1 is 1.05 bits per heavy atom. The number of benzene rings is 1. The number of aryl methyl sites for hydroxylation is 1. The van der Waals surface area contributed by atoms with Crippen molar-refractivity contribution in [2.75, 3.05) is 14.1 Å². The van der Waals surface area contributed by atoms with E-state index in [0.29, 0.717) is 0 Å². The van der Waals surface area contributed by atoms with Gasteiger partial charge in [-0.3, -0.25) is 9.69 Å². The van der Waals surface area contributed by atoms with E-state index in [1.165, 1.54) is 5.56 Å². The molecular formula is C17H31NO. The maximum absolute atomic E-state index is 11.4. The first-order valence-electron chi connectivity index (χ1n) is 7.32. The zero-order valence-corrected chi connectivity index (χ0v) is 13.7. The van der Waals surface area contributed by atoms with E-state index in [1.54, 1.807) is 6.92 Å². The van der Waals surface area contributed by atoms with Crippen LogP contribution in [-0.4, -0.2) is 30.8 Å². The van der Waals surface area contributed by atoms with Gasteiger partial charge in [0.2, 0.25) is 0 Å². The SMILES string of the molecule is CC.CC.CC(=O)[C@H](CCc1ccccc1)N(C)C. The van der Waals surface area contributed by atoms with Gasteiger partial charge >= 0.3 is 0 Å². The summed E-state index contributed by atoms with van der Waals surface area (Å²) in [5, 5.41) is 0. The molecule has 0 unspecified atom stereocenters. The fraction of sp³-hybridized carbons (Fsp3) is 0.588. The molecule has 0 aliphatic rings.